The summed E-state index contributed by atoms with van der Waals surface area (Å²) in [6, 6.07) is -0.738. The van der Waals surface area contributed by atoms with Crippen molar-refractivity contribution in [3.63, 3.8) is 0 Å². The van der Waals surface area contributed by atoms with E-state index in [1.165, 1.54) is 6.42 Å². The van der Waals surface area contributed by atoms with Gasteiger partial charge < -0.3 is 10.4 Å². The molecule has 2 aliphatic rings. The molecular weight excluding hydrogens is 244 g/mol. The lowest BCUT2D eigenvalue weighted by molar-refractivity contribution is -0.145. The van der Waals surface area contributed by atoms with Crippen molar-refractivity contribution in [2.45, 2.75) is 57.0 Å². The zero-order valence-electron chi connectivity index (χ0n) is 11.6. The second-order valence-electron chi connectivity index (χ2n) is 5.69. The molecule has 1 heterocycles. The van der Waals surface area contributed by atoms with Gasteiger partial charge in [0.15, 0.2) is 0 Å². The maximum absolute atomic E-state index is 12.2. The number of carboxylic acids is 1. The van der Waals surface area contributed by atoms with Crippen molar-refractivity contribution in [1.29, 1.82) is 0 Å². The molecule has 0 bridgehead atoms. The Kier molecular flexibility index (Phi) is 4.80. The second-order valence-corrected chi connectivity index (χ2v) is 5.69. The highest BCUT2D eigenvalue weighted by atomic mass is 16.4. The molecule has 0 unspecified atom stereocenters. The molecule has 0 aromatic carbocycles. The zero-order valence-corrected chi connectivity index (χ0v) is 11.6. The van der Waals surface area contributed by atoms with E-state index in [0.29, 0.717) is 12.3 Å². The average Bonchev–Trinajstić information content (AvgIpc) is 2.89. The molecule has 108 valence electrons. The molecule has 2 fully saturated rings. The summed E-state index contributed by atoms with van der Waals surface area (Å²) >= 11 is 0. The van der Waals surface area contributed by atoms with E-state index in [0.717, 1.165) is 38.6 Å². The van der Waals surface area contributed by atoms with Crippen LogP contribution in [0, 0.1) is 5.92 Å². The molecule has 1 saturated heterocycles. The molecule has 19 heavy (non-hydrogen) atoms. The summed E-state index contributed by atoms with van der Waals surface area (Å²) in [5, 5.41) is 12.0. The molecule has 0 aromatic heterocycles. The molecular formula is C14H24N2O3. The summed E-state index contributed by atoms with van der Waals surface area (Å²) in [6.07, 6.45) is 7.17. The summed E-state index contributed by atoms with van der Waals surface area (Å²) in [7, 11) is 1.64. The third-order valence-corrected chi connectivity index (χ3v) is 4.55. The fourth-order valence-electron chi connectivity index (χ4n) is 3.62. The van der Waals surface area contributed by atoms with Crippen molar-refractivity contribution in [2.24, 2.45) is 5.92 Å². The van der Waals surface area contributed by atoms with Crippen LogP contribution in [0.15, 0.2) is 0 Å². The number of likely N-dealkylation sites (tertiary alicyclic amines) is 1. The smallest absolute Gasteiger partial charge is 0.320 e. The summed E-state index contributed by atoms with van der Waals surface area (Å²) in [5.74, 6) is -0.490. The topological polar surface area (TPSA) is 69.6 Å². The van der Waals surface area contributed by atoms with Gasteiger partial charge in [0.1, 0.15) is 6.04 Å². The van der Waals surface area contributed by atoms with Gasteiger partial charge in [0.25, 0.3) is 0 Å². The van der Waals surface area contributed by atoms with Crippen LogP contribution in [0.5, 0.6) is 0 Å². The van der Waals surface area contributed by atoms with Crippen LogP contribution in [0.4, 0.5) is 0 Å². The molecule has 2 atom stereocenters. The van der Waals surface area contributed by atoms with Crippen molar-refractivity contribution in [1.82, 2.24) is 10.2 Å². The Morgan fingerprint density at radius 2 is 1.84 bits per heavy atom. The molecule has 1 aliphatic heterocycles. The van der Waals surface area contributed by atoms with Crippen LogP contribution in [0.1, 0.15) is 44.9 Å². The van der Waals surface area contributed by atoms with Crippen molar-refractivity contribution in [3.05, 3.63) is 0 Å². The quantitative estimate of drug-likeness (QED) is 0.804. The monoisotopic (exact) mass is 268 g/mol. The summed E-state index contributed by atoms with van der Waals surface area (Å²) in [6.45, 7) is 0.728. The predicted octanol–water partition coefficient (Wildman–Crippen LogP) is 1.23. The number of rotatable bonds is 4. The molecule has 1 amide bonds. The van der Waals surface area contributed by atoms with Crippen LogP contribution in [0.2, 0.25) is 0 Å². The number of carboxylic acid groups (broad SMARTS) is 1. The first kappa shape index (κ1) is 14.3. The minimum Gasteiger partial charge on any atom is -0.480 e. The molecule has 2 rings (SSSR count). The summed E-state index contributed by atoms with van der Waals surface area (Å²) < 4.78 is 0. The van der Waals surface area contributed by atoms with E-state index in [9.17, 15) is 14.7 Å². The number of hydrogen-bond donors (Lipinski definition) is 2. The molecule has 5 heteroatoms. The minimum absolute atomic E-state index is 0.0138. The number of carbonyl (C=O) groups is 2. The van der Waals surface area contributed by atoms with Crippen molar-refractivity contribution in [3.8, 4) is 0 Å². The molecule has 5 nitrogen and oxygen atoms in total. The number of amides is 1. The molecule has 0 aromatic rings. The van der Waals surface area contributed by atoms with Crippen LogP contribution < -0.4 is 5.32 Å². The maximum atomic E-state index is 12.2. The molecule has 0 spiro atoms. The highest BCUT2D eigenvalue weighted by Gasteiger charge is 2.42. The third-order valence-electron chi connectivity index (χ3n) is 4.55. The van der Waals surface area contributed by atoms with Crippen LogP contribution in [-0.4, -0.2) is 47.6 Å². The third kappa shape index (κ3) is 3.08. The number of nitrogens with one attached hydrogen (secondary N) is 1. The van der Waals surface area contributed by atoms with E-state index in [4.69, 9.17) is 0 Å². The Morgan fingerprint density at radius 1 is 1.16 bits per heavy atom. The van der Waals surface area contributed by atoms with Gasteiger partial charge in [0.2, 0.25) is 5.91 Å². The number of hydrogen-bond acceptors (Lipinski definition) is 3. The lowest BCUT2D eigenvalue weighted by Gasteiger charge is -2.37. The van der Waals surface area contributed by atoms with E-state index in [1.54, 1.807) is 7.05 Å². The van der Waals surface area contributed by atoms with Crippen molar-refractivity contribution < 1.29 is 14.7 Å². The normalized spacial score (nSPS) is 27.1. The van der Waals surface area contributed by atoms with E-state index in [1.807, 2.05) is 4.90 Å². The van der Waals surface area contributed by atoms with Gasteiger partial charge in [-0.3, -0.25) is 14.5 Å². The fraction of sp³-hybridized carbons (Fsp3) is 0.857. The van der Waals surface area contributed by atoms with Gasteiger partial charge in [-0.2, -0.15) is 0 Å². The highest BCUT2D eigenvalue weighted by Crippen LogP contribution is 2.32. The summed E-state index contributed by atoms with van der Waals surface area (Å²) in [4.78, 5) is 25.5. The van der Waals surface area contributed by atoms with Gasteiger partial charge in [0, 0.05) is 7.05 Å². The maximum Gasteiger partial charge on any atom is 0.320 e. The zero-order chi connectivity index (χ0) is 13.8. The second kappa shape index (κ2) is 6.37. The first-order valence-electron chi connectivity index (χ1n) is 7.35. The Bertz CT molecular complexity index is 340. The highest BCUT2D eigenvalue weighted by molar-refractivity contribution is 5.83. The summed E-state index contributed by atoms with van der Waals surface area (Å²) in [5.41, 5.74) is 0. The van der Waals surface area contributed by atoms with Gasteiger partial charge in [-0.25, -0.2) is 0 Å². The lowest BCUT2D eigenvalue weighted by atomic mass is 9.82. The van der Waals surface area contributed by atoms with Gasteiger partial charge in [0.05, 0.1) is 6.04 Å². The fourth-order valence-corrected chi connectivity index (χ4v) is 3.62. The molecule has 1 saturated carbocycles. The molecule has 1 aliphatic carbocycles. The number of nitrogens with zero attached hydrogens (tertiary/aromatic N) is 1. The van der Waals surface area contributed by atoms with Crippen LogP contribution in [0.25, 0.3) is 0 Å². The number of carbonyl (C=O) groups excluding carboxylic acids is 1. The van der Waals surface area contributed by atoms with Gasteiger partial charge >= 0.3 is 5.97 Å². The average molecular weight is 268 g/mol. The van der Waals surface area contributed by atoms with E-state index in [2.05, 4.69) is 5.32 Å². The van der Waals surface area contributed by atoms with Crippen molar-refractivity contribution >= 4 is 11.9 Å². The first-order chi connectivity index (χ1) is 9.15. The van der Waals surface area contributed by atoms with Gasteiger partial charge in [-0.05, 0) is 38.1 Å². The van der Waals surface area contributed by atoms with Crippen LogP contribution in [-0.2, 0) is 9.59 Å². The Labute approximate surface area is 114 Å². The van der Waals surface area contributed by atoms with E-state index >= 15 is 0 Å². The SMILES string of the molecule is CNC(=O)[C@@H](C1CCCCC1)N1CCC[C@H]1C(=O)O. The largest absolute Gasteiger partial charge is 0.480 e. The van der Waals surface area contributed by atoms with Gasteiger partial charge in [-0.1, -0.05) is 19.3 Å². The number of aliphatic carboxylic acids is 1. The molecule has 2 N–H and O–H groups in total. The van der Waals surface area contributed by atoms with E-state index in [-0.39, 0.29) is 11.9 Å². The molecule has 0 radical (unpaired) electrons. The Hall–Kier alpha value is -1.10. The minimum atomic E-state index is -0.790. The number of likely N-dealkylation sites (N-methyl/N-ethyl adjacent to an activating group) is 1. The van der Waals surface area contributed by atoms with Gasteiger partial charge in [-0.15, -0.1) is 0 Å². The Balaban J connectivity index is 2.16. The predicted molar refractivity (Wildman–Crippen MR) is 71.8 cm³/mol. The first-order valence-corrected chi connectivity index (χ1v) is 7.35. The standard InChI is InChI=1S/C14H24N2O3/c1-15-13(17)12(10-6-3-2-4-7-10)16-9-5-8-11(16)14(18)19/h10-12H,2-9H2,1H3,(H,15,17)(H,18,19)/t11-,12+/m0/s1. The van der Waals surface area contributed by atoms with Crippen LogP contribution in [0.3, 0.4) is 0 Å². The van der Waals surface area contributed by atoms with Crippen molar-refractivity contribution in [2.75, 3.05) is 13.6 Å². The van der Waals surface area contributed by atoms with Crippen LogP contribution >= 0.6 is 0 Å². The Morgan fingerprint density at radius 3 is 2.42 bits per heavy atom. The lowest BCUT2D eigenvalue weighted by Crippen LogP contribution is -2.54. The van der Waals surface area contributed by atoms with E-state index < -0.39 is 12.0 Å².